The molecule has 2 heterocycles. The molecule has 0 fully saturated rings. The van der Waals surface area contributed by atoms with E-state index in [1.165, 1.54) is 16.9 Å². The van der Waals surface area contributed by atoms with E-state index in [2.05, 4.69) is 15.4 Å². The largest absolute Gasteiger partial charge is 0.497 e. The van der Waals surface area contributed by atoms with Gasteiger partial charge in [-0.15, -0.1) is 0 Å². The lowest BCUT2D eigenvalue weighted by Crippen LogP contribution is -2.31. The van der Waals surface area contributed by atoms with Crippen molar-refractivity contribution in [2.24, 2.45) is 7.05 Å². The second kappa shape index (κ2) is 8.43. The second-order valence-electron chi connectivity index (χ2n) is 7.09. The molecule has 0 saturated heterocycles. The van der Waals surface area contributed by atoms with Crippen LogP contribution in [0.25, 0.3) is 5.69 Å². The minimum atomic E-state index is -0.515. The fourth-order valence-corrected chi connectivity index (χ4v) is 3.48. The van der Waals surface area contributed by atoms with Gasteiger partial charge in [0.1, 0.15) is 29.1 Å². The maximum atomic E-state index is 14.2. The number of para-hydroxylation sites is 1. The van der Waals surface area contributed by atoms with Gasteiger partial charge in [-0.3, -0.25) is 4.79 Å². The van der Waals surface area contributed by atoms with Gasteiger partial charge in [0.2, 0.25) is 0 Å². The number of benzene rings is 2. The van der Waals surface area contributed by atoms with Gasteiger partial charge in [0.15, 0.2) is 0 Å². The van der Waals surface area contributed by atoms with Gasteiger partial charge < -0.3 is 14.6 Å². The minimum absolute atomic E-state index is 0.285. The lowest BCUT2D eigenvalue weighted by Gasteiger charge is -2.19. The van der Waals surface area contributed by atoms with E-state index in [1.54, 1.807) is 38.4 Å². The first-order valence-corrected chi connectivity index (χ1v) is 9.71. The summed E-state index contributed by atoms with van der Waals surface area (Å²) in [5.41, 5.74) is 1.99. The first kappa shape index (κ1) is 20.3. The number of ether oxygens (including phenoxy) is 1. The van der Waals surface area contributed by atoms with Crippen LogP contribution in [0.4, 0.5) is 4.39 Å². The Kier molecular flexibility index (Phi) is 5.53. The van der Waals surface area contributed by atoms with E-state index in [4.69, 9.17) is 4.74 Å². The van der Waals surface area contributed by atoms with Crippen LogP contribution >= 0.6 is 0 Å². The minimum Gasteiger partial charge on any atom is -0.497 e. The maximum Gasteiger partial charge on any atom is 0.255 e. The average molecular weight is 419 g/mol. The van der Waals surface area contributed by atoms with Crippen LogP contribution < -0.4 is 10.1 Å². The van der Waals surface area contributed by atoms with Crippen molar-refractivity contribution >= 4 is 5.91 Å². The Labute approximate surface area is 179 Å². The summed E-state index contributed by atoms with van der Waals surface area (Å²) in [4.78, 5) is 17.6. The summed E-state index contributed by atoms with van der Waals surface area (Å²) < 4.78 is 22.8. The Hall–Kier alpha value is -3.94. The van der Waals surface area contributed by atoms with Gasteiger partial charge in [0, 0.05) is 19.4 Å². The molecule has 158 valence electrons. The molecule has 4 rings (SSSR count). The Balaban J connectivity index is 1.69. The van der Waals surface area contributed by atoms with Gasteiger partial charge in [0.05, 0.1) is 24.6 Å². The highest BCUT2D eigenvalue weighted by Crippen LogP contribution is 2.25. The van der Waals surface area contributed by atoms with E-state index in [0.717, 1.165) is 5.56 Å². The number of carbonyl (C=O) groups excluding carboxylic acids is 1. The highest BCUT2D eigenvalue weighted by Gasteiger charge is 2.24. The number of nitrogens with zero attached hydrogens (tertiary/aromatic N) is 4. The SMILES string of the molecule is COc1cccc(C(NC(=O)c2cnn(-c3ccccc3F)c2C)c2nccn2C)c1. The van der Waals surface area contributed by atoms with Crippen LogP contribution in [-0.4, -0.2) is 32.3 Å². The smallest absolute Gasteiger partial charge is 0.255 e. The van der Waals surface area contributed by atoms with Gasteiger partial charge in [-0.25, -0.2) is 14.1 Å². The van der Waals surface area contributed by atoms with Gasteiger partial charge >= 0.3 is 0 Å². The number of hydrogen-bond acceptors (Lipinski definition) is 4. The lowest BCUT2D eigenvalue weighted by atomic mass is 10.0. The number of methoxy groups -OCH3 is 1. The fourth-order valence-electron chi connectivity index (χ4n) is 3.48. The van der Waals surface area contributed by atoms with Crippen molar-refractivity contribution in [3.63, 3.8) is 0 Å². The van der Waals surface area contributed by atoms with Crippen molar-refractivity contribution in [3.05, 3.63) is 95.6 Å². The summed E-state index contributed by atoms with van der Waals surface area (Å²) in [6.45, 7) is 1.73. The number of rotatable bonds is 6. The molecule has 2 aromatic carbocycles. The Morgan fingerprint density at radius 2 is 2.00 bits per heavy atom. The van der Waals surface area contributed by atoms with E-state index in [9.17, 15) is 9.18 Å². The van der Waals surface area contributed by atoms with Gasteiger partial charge in [-0.1, -0.05) is 24.3 Å². The van der Waals surface area contributed by atoms with Crippen molar-refractivity contribution in [1.29, 1.82) is 0 Å². The molecule has 0 aliphatic rings. The molecule has 0 saturated carbocycles. The quantitative estimate of drug-likeness (QED) is 0.518. The van der Waals surface area contributed by atoms with Crippen molar-refractivity contribution in [3.8, 4) is 11.4 Å². The Morgan fingerprint density at radius 3 is 2.71 bits per heavy atom. The predicted molar refractivity (Wildman–Crippen MR) is 114 cm³/mol. The normalized spacial score (nSPS) is 11.9. The van der Waals surface area contributed by atoms with Crippen LogP contribution in [0.1, 0.15) is 33.5 Å². The number of aryl methyl sites for hydroxylation is 1. The first-order chi connectivity index (χ1) is 15.0. The fraction of sp³-hybridized carbons (Fsp3) is 0.174. The second-order valence-corrected chi connectivity index (χ2v) is 7.09. The number of imidazole rings is 1. The molecule has 8 heteroatoms. The van der Waals surface area contributed by atoms with Crippen molar-refractivity contribution < 1.29 is 13.9 Å². The molecular weight excluding hydrogens is 397 g/mol. The van der Waals surface area contributed by atoms with E-state index in [0.29, 0.717) is 22.8 Å². The van der Waals surface area contributed by atoms with Crippen molar-refractivity contribution in [2.75, 3.05) is 7.11 Å². The molecular formula is C23H22FN5O2. The molecule has 2 aromatic heterocycles. The standard InChI is InChI=1S/C23H22FN5O2/c1-15-18(14-26-29(15)20-10-5-4-9-19(20)24)23(30)27-21(22-25-11-12-28(22)2)16-7-6-8-17(13-16)31-3/h4-14,21H,1-3H3,(H,27,30). The maximum absolute atomic E-state index is 14.2. The van der Waals surface area contributed by atoms with Crippen molar-refractivity contribution in [1.82, 2.24) is 24.6 Å². The number of amides is 1. The van der Waals surface area contributed by atoms with Crippen LogP contribution in [0, 0.1) is 12.7 Å². The number of halogens is 1. The summed E-state index contributed by atoms with van der Waals surface area (Å²) in [6, 6.07) is 13.2. The summed E-state index contributed by atoms with van der Waals surface area (Å²) in [5, 5.41) is 7.27. The molecule has 0 radical (unpaired) electrons. The Bertz CT molecular complexity index is 1230. The highest BCUT2D eigenvalue weighted by atomic mass is 19.1. The molecule has 7 nitrogen and oxygen atoms in total. The zero-order valence-corrected chi connectivity index (χ0v) is 17.4. The third-order valence-corrected chi connectivity index (χ3v) is 5.15. The molecule has 0 spiro atoms. The monoisotopic (exact) mass is 419 g/mol. The van der Waals surface area contributed by atoms with Gasteiger partial charge in [-0.2, -0.15) is 5.10 Å². The number of nitrogens with one attached hydrogen (secondary N) is 1. The van der Waals surface area contributed by atoms with Crippen LogP contribution in [0.3, 0.4) is 0 Å². The highest BCUT2D eigenvalue weighted by molar-refractivity contribution is 5.95. The first-order valence-electron chi connectivity index (χ1n) is 9.71. The molecule has 1 atom stereocenters. The summed E-state index contributed by atoms with van der Waals surface area (Å²) in [6.07, 6.45) is 4.93. The van der Waals surface area contributed by atoms with Crippen LogP contribution in [-0.2, 0) is 7.05 Å². The van der Waals surface area contributed by atoms with E-state index in [-0.39, 0.29) is 11.6 Å². The predicted octanol–water partition coefficient (Wildman–Crippen LogP) is 3.58. The molecule has 0 aliphatic carbocycles. The molecule has 4 aromatic rings. The molecule has 31 heavy (non-hydrogen) atoms. The molecule has 1 amide bonds. The summed E-state index contributed by atoms with van der Waals surface area (Å²) >= 11 is 0. The van der Waals surface area contributed by atoms with Crippen LogP contribution in [0.2, 0.25) is 0 Å². The van der Waals surface area contributed by atoms with E-state index >= 15 is 0 Å². The van der Waals surface area contributed by atoms with Gasteiger partial charge in [-0.05, 0) is 36.8 Å². The zero-order chi connectivity index (χ0) is 22.0. The molecule has 0 aliphatic heterocycles. The van der Waals surface area contributed by atoms with Crippen LogP contribution in [0.5, 0.6) is 5.75 Å². The summed E-state index contributed by atoms with van der Waals surface area (Å²) in [5.74, 6) is 0.592. The molecule has 1 unspecified atom stereocenters. The number of carbonyl (C=O) groups is 1. The zero-order valence-electron chi connectivity index (χ0n) is 17.4. The van der Waals surface area contributed by atoms with Crippen LogP contribution in [0.15, 0.2) is 67.1 Å². The third-order valence-electron chi connectivity index (χ3n) is 5.15. The van der Waals surface area contributed by atoms with E-state index < -0.39 is 11.9 Å². The molecule has 0 bridgehead atoms. The number of aromatic nitrogens is 4. The molecule has 1 N–H and O–H groups in total. The van der Waals surface area contributed by atoms with E-state index in [1.807, 2.05) is 42.1 Å². The topological polar surface area (TPSA) is 74.0 Å². The Morgan fingerprint density at radius 1 is 1.19 bits per heavy atom. The summed E-state index contributed by atoms with van der Waals surface area (Å²) in [7, 11) is 3.46. The number of hydrogen-bond donors (Lipinski definition) is 1. The van der Waals surface area contributed by atoms with Gasteiger partial charge in [0.25, 0.3) is 5.91 Å². The lowest BCUT2D eigenvalue weighted by molar-refractivity contribution is 0.0940. The average Bonchev–Trinajstić information content (AvgIpc) is 3.37. The third kappa shape index (κ3) is 3.92. The van der Waals surface area contributed by atoms with Crippen molar-refractivity contribution in [2.45, 2.75) is 13.0 Å².